The zero-order chi connectivity index (χ0) is 11.5. The Kier molecular flexibility index (Phi) is 3.84. The van der Waals surface area contributed by atoms with Crippen molar-refractivity contribution in [3.63, 3.8) is 0 Å². The average Bonchev–Trinajstić information content (AvgIpc) is 2.16. The normalized spacial score (nSPS) is 12.0. The van der Waals surface area contributed by atoms with Gasteiger partial charge in [0.15, 0.2) is 0 Å². The molecule has 0 heterocycles. The standard InChI is InChI=1S/C10H14O4S/c1-8(2)13-14-15(11,12)10-6-4-9(3)5-7-10/h4-8H,1-3H3. The van der Waals surface area contributed by atoms with E-state index in [1.807, 2.05) is 6.92 Å². The summed E-state index contributed by atoms with van der Waals surface area (Å²) in [5.41, 5.74) is 0.985. The van der Waals surface area contributed by atoms with Crippen molar-refractivity contribution in [1.82, 2.24) is 0 Å². The van der Waals surface area contributed by atoms with Gasteiger partial charge in [0.1, 0.15) is 0 Å². The smallest absolute Gasteiger partial charge is 0.217 e. The maximum atomic E-state index is 11.5. The predicted molar refractivity (Wildman–Crippen MR) is 55.7 cm³/mol. The van der Waals surface area contributed by atoms with E-state index in [4.69, 9.17) is 0 Å². The van der Waals surface area contributed by atoms with E-state index in [2.05, 4.69) is 9.22 Å². The molecule has 0 radical (unpaired) electrons. The molecule has 0 atom stereocenters. The highest BCUT2D eigenvalue weighted by atomic mass is 32.2. The van der Waals surface area contributed by atoms with E-state index in [1.165, 1.54) is 12.1 Å². The first-order chi connectivity index (χ1) is 6.92. The maximum Gasteiger partial charge on any atom is 0.323 e. The molecule has 0 amide bonds. The number of hydrogen-bond acceptors (Lipinski definition) is 4. The molecule has 84 valence electrons. The molecule has 15 heavy (non-hydrogen) atoms. The van der Waals surface area contributed by atoms with Crippen LogP contribution in [0.1, 0.15) is 19.4 Å². The van der Waals surface area contributed by atoms with Crippen LogP contribution in [0.2, 0.25) is 0 Å². The summed E-state index contributed by atoms with van der Waals surface area (Å²) in [6.07, 6.45) is -0.301. The van der Waals surface area contributed by atoms with Crippen LogP contribution in [-0.4, -0.2) is 14.5 Å². The van der Waals surface area contributed by atoms with Gasteiger partial charge < -0.3 is 0 Å². The zero-order valence-corrected chi connectivity index (χ0v) is 9.74. The van der Waals surface area contributed by atoms with Crippen LogP contribution in [0.15, 0.2) is 29.2 Å². The Bertz CT molecular complexity index is 406. The molecule has 0 bridgehead atoms. The van der Waals surface area contributed by atoms with Gasteiger partial charge in [0.05, 0.1) is 11.0 Å². The van der Waals surface area contributed by atoms with E-state index in [-0.39, 0.29) is 11.0 Å². The summed E-state index contributed by atoms with van der Waals surface area (Å²) >= 11 is 0. The van der Waals surface area contributed by atoms with Crippen molar-refractivity contribution in [3.05, 3.63) is 29.8 Å². The molecular formula is C10H14O4S. The fourth-order valence-corrected chi connectivity index (χ4v) is 1.68. The lowest BCUT2D eigenvalue weighted by molar-refractivity contribution is -0.230. The van der Waals surface area contributed by atoms with Crippen LogP contribution >= 0.6 is 0 Å². The summed E-state index contributed by atoms with van der Waals surface area (Å²) in [5, 5.41) is 0. The van der Waals surface area contributed by atoms with Crippen molar-refractivity contribution in [2.45, 2.75) is 31.8 Å². The van der Waals surface area contributed by atoms with Gasteiger partial charge in [0.25, 0.3) is 0 Å². The van der Waals surface area contributed by atoms with Gasteiger partial charge in [-0.25, -0.2) is 4.89 Å². The molecule has 1 aromatic rings. The van der Waals surface area contributed by atoms with Crippen molar-refractivity contribution in [3.8, 4) is 0 Å². The lowest BCUT2D eigenvalue weighted by Gasteiger charge is -2.06. The van der Waals surface area contributed by atoms with Gasteiger partial charge in [0, 0.05) is 0 Å². The quantitative estimate of drug-likeness (QED) is 0.586. The van der Waals surface area contributed by atoms with E-state index in [1.54, 1.807) is 26.0 Å². The molecule has 1 rings (SSSR count). The second-order valence-corrected chi connectivity index (χ2v) is 5.00. The number of rotatable bonds is 4. The Balaban J connectivity index is 2.82. The first kappa shape index (κ1) is 12.2. The maximum absolute atomic E-state index is 11.5. The average molecular weight is 230 g/mol. The third-order valence-corrected chi connectivity index (χ3v) is 2.74. The fourth-order valence-electron chi connectivity index (χ4n) is 0.875. The summed E-state index contributed by atoms with van der Waals surface area (Å²) in [6.45, 7) is 5.25. The first-order valence-electron chi connectivity index (χ1n) is 4.58. The van der Waals surface area contributed by atoms with Crippen LogP contribution in [-0.2, 0) is 19.3 Å². The van der Waals surface area contributed by atoms with Gasteiger partial charge in [-0.2, -0.15) is 8.42 Å². The molecule has 0 aromatic heterocycles. The minimum Gasteiger partial charge on any atom is -0.217 e. The summed E-state index contributed by atoms with van der Waals surface area (Å²) in [4.78, 5) is 4.69. The van der Waals surface area contributed by atoms with Crippen LogP contribution in [0.5, 0.6) is 0 Å². The van der Waals surface area contributed by atoms with Crippen molar-refractivity contribution in [1.29, 1.82) is 0 Å². The molecule has 0 aliphatic heterocycles. The van der Waals surface area contributed by atoms with Gasteiger partial charge in [-0.05, 0) is 32.9 Å². The van der Waals surface area contributed by atoms with Crippen LogP contribution < -0.4 is 0 Å². The largest absolute Gasteiger partial charge is 0.323 e. The third kappa shape index (κ3) is 3.62. The molecule has 0 saturated carbocycles. The lowest BCUT2D eigenvalue weighted by Crippen LogP contribution is -2.11. The highest BCUT2D eigenvalue weighted by Crippen LogP contribution is 2.13. The van der Waals surface area contributed by atoms with E-state index >= 15 is 0 Å². The van der Waals surface area contributed by atoms with Crippen LogP contribution in [0.4, 0.5) is 0 Å². The Morgan fingerprint density at radius 1 is 1.13 bits per heavy atom. The minimum absolute atomic E-state index is 0.0914. The highest BCUT2D eigenvalue weighted by Gasteiger charge is 2.16. The van der Waals surface area contributed by atoms with Gasteiger partial charge in [-0.3, -0.25) is 0 Å². The summed E-state index contributed by atoms with van der Waals surface area (Å²) < 4.78 is 27.4. The van der Waals surface area contributed by atoms with Gasteiger partial charge >= 0.3 is 10.1 Å². The molecule has 0 aliphatic rings. The Morgan fingerprint density at radius 2 is 1.67 bits per heavy atom. The molecule has 0 N–H and O–H groups in total. The summed E-state index contributed by atoms with van der Waals surface area (Å²) in [7, 11) is -3.79. The van der Waals surface area contributed by atoms with Crippen LogP contribution in [0.3, 0.4) is 0 Å². The zero-order valence-electron chi connectivity index (χ0n) is 8.93. The molecule has 0 saturated heterocycles. The van der Waals surface area contributed by atoms with E-state index < -0.39 is 10.1 Å². The van der Waals surface area contributed by atoms with Gasteiger partial charge in [-0.1, -0.05) is 17.7 Å². The van der Waals surface area contributed by atoms with Crippen molar-refractivity contribution < 1.29 is 17.6 Å². The molecule has 0 spiro atoms. The van der Waals surface area contributed by atoms with Gasteiger partial charge in [-0.15, -0.1) is 4.33 Å². The molecule has 0 aliphatic carbocycles. The summed E-state index contributed by atoms with van der Waals surface area (Å²) in [6, 6.07) is 6.36. The predicted octanol–water partition coefficient (Wildman–Crippen LogP) is 2.04. The Labute approximate surface area is 89.9 Å². The molecular weight excluding hydrogens is 216 g/mol. The molecule has 0 fully saturated rings. The second-order valence-electron chi connectivity index (χ2n) is 3.48. The second kappa shape index (κ2) is 4.74. The number of hydrogen-bond donors (Lipinski definition) is 0. The van der Waals surface area contributed by atoms with Crippen LogP contribution in [0.25, 0.3) is 0 Å². The van der Waals surface area contributed by atoms with E-state index in [9.17, 15) is 8.42 Å². The summed E-state index contributed by atoms with van der Waals surface area (Å²) in [5.74, 6) is 0. The minimum atomic E-state index is -3.79. The SMILES string of the molecule is Cc1ccc(S(=O)(=O)OOC(C)C)cc1. The van der Waals surface area contributed by atoms with Crippen LogP contribution in [0, 0.1) is 6.92 Å². The van der Waals surface area contributed by atoms with E-state index in [0.29, 0.717) is 0 Å². The highest BCUT2D eigenvalue weighted by molar-refractivity contribution is 7.86. The Hall–Kier alpha value is -0.910. The third-order valence-electron chi connectivity index (χ3n) is 1.63. The monoisotopic (exact) mass is 230 g/mol. The molecule has 1 aromatic carbocycles. The van der Waals surface area contributed by atoms with Gasteiger partial charge in [0.2, 0.25) is 0 Å². The topological polar surface area (TPSA) is 52.6 Å². The molecule has 5 heteroatoms. The molecule has 4 nitrogen and oxygen atoms in total. The van der Waals surface area contributed by atoms with Crippen molar-refractivity contribution in [2.75, 3.05) is 0 Å². The van der Waals surface area contributed by atoms with Crippen molar-refractivity contribution >= 4 is 10.1 Å². The number of aryl methyl sites for hydroxylation is 1. The fraction of sp³-hybridized carbons (Fsp3) is 0.400. The first-order valence-corrected chi connectivity index (χ1v) is 5.99. The Morgan fingerprint density at radius 3 is 2.13 bits per heavy atom. The number of benzene rings is 1. The van der Waals surface area contributed by atoms with E-state index in [0.717, 1.165) is 5.56 Å². The van der Waals surface area contributed by atoms with Crippen molar-refractivity contribution in [2.24, 2.45) is 0 Å². The molecule has 0 unspecified atom stereocenters. The lowest BCUT2D eigenvalue weighted by atomic mass is 10.2.